The van der Waals surface area contributed by atoms with Crippen LogP contribution in [0.25, 0.3) is 11.4 Å². The lowest BCUT2D eigenvalue weighted by Gasteiger charge is -2.17. The summed E-state index contributed by atoms with van der Waals surface area (Å²) in [5.74, 6) is 3.61. The van der Waals surface area contributed by atoms with Gasteiger partial charge in [0.15, 0.2) is 11.6 Å². The summed E-state index contributed by atoms with van der Waals surface area (Å²) in [5.41, 5.74) is 0.902. The van der Waals surface area contributed by atoms with E-state index in [4.69, 9.17) is 0 Å². The van der Waals surface area contributed by atoms with Crippen molar-refractivity contribution in [3.05, 3.63) is 77.9 Å². The molecule has 4 heterocycles. The van der Waals surface area contributed by atoms with Crippen LogP contribution in [-0.4, -0.2) is 30.2 Å². The zero-order valence-electron chi connectivity index (χ0n) is 17.5. The molecule has 0 unspecified atom stereocenters. The van der Waals surface area contributed by atoms with E-state index in [1.54, 1.807) is 53.2 Å². The lowest BCUT2D eigenvalue weighted by Crippen LogP contribution is -2.31. The fraction of sp³-hybridized carbons (Fsp3) is 0.167. The van der Waals surface area contributed by atoms with E-state index in [9.17, 15) is 4.79 Å². The highest BCUT2D eigenvalue weighted by Crippen LogP contribution is 2.56. The molecular weight excluding hydrogens is 426 g/mol. The van der Waals surface area contributed by atoms with E-state index in [0.717, 1.165) is 22.7 Å². The second-order valence-corrected chi connectivity index (χ2v) is 8.07. The van der Waals surface area contributed by atoms with Crippen molar-refractivity contribution < 1.29 is 13.6 Å². The molecule has 6 rings (SSSR count). The first kappa shape index (κ1) is 19.4. The summed E-state index contributed by atoms with van der Waals surface area (Å²) < 4.78 is 33.9. The fourth-order valence-corrected chi connectivity index (χ4v) is 4.31. The molecule has 2 aliphatic rings. The van der Waals surface area contributed by atoms with Crippen LogP contribution < -0.4 is 4.90 Å². The van der Waals surface area contributed by atoms with Crippen LogP contribution in [0.3, 0.4) is 0 Å². The molecular formula is C24H16F2N6O. The average molecular weight is 442 g/mol. The number of carbonyl (C=O) groups excluding carboxylic acids is 1. The molecule has 0 N–H and O–H groups in total. The Morgan fingerprint density at radius 3 is 2.39 bits per heavy atom. The number of pyridine rings is 1. The Morgan fingerprint density at radius 1 is 1.00 bits per heavy atom. The molecule has 1 amide bonds. The third-order valence-electron chi connectivity index (χ3n) is 6.03. The van der Waals surface area contributed by atoms with Gasteiger partial charge >= 0.3 is 0 Å². The molecule has 3 aromatic heterocycles. The number of aryl methyl sites for hydroxylation is 1. The molecule has 4 aromatic rings. The number of hydrogen-bond acceptors (Lipinski definition) is 4. The number of halogens is 2. The van der Waals surface area contributed by atoms with Crippen molar-refractivity contribution in [2.75, 3.05) is 4.90 Å². The van der Waals surface area contributed by atoms with Gasteiger partial charge in [0.1, 0.15) is 11.2 Å². The third-order valence-corrected chi connectivity index (χ3v) is 6.03. The van der Waals surface area contributed by atoms with Crippen LogP contribution >= 0.6 is 0 Å². The maximum Gasteiger partial charge on any atom is 0.260 e. The number of hydrogen-bond donors (Lipinski definition) is 0. The molecule has 1 saturated carbocycles. The van der Waals surface area contributed by atoms with Crippen LogP contribution in [-0.2, 0) is 17.4 Å². The Balaban J connectivity index is 1.44. The molecule has 0 bridgehead atoms. The van der Waals surface area contributed by atoms with E-state index in [1.165, 1.54) is 0 Å². The van der Waals surface area contributed by atoms with Gasteiger partial charge in [-0.2, -0.15) is 5.10 Å². The predicted octanol–water partition coefficient (Wildman–Crippen LogP) is 3.52. The lowest BCUT2D eigenvalue weighted by atomic mass is 10.1. The number of fused-ring (bicyclic) bond motifs is 2. The van der Waals surface area contributed by atoms with Gasteiger partial charge in [-0.1, -0.05) is 11.8 Å². The molecule has 1 aliphatic carbocycles. The lowest BCUT2D eigenvalue weighted by molar-refractivity contribution is -0.120. The van der Waals surface area contributed by atoms with Gasteiger partial charge in [0.25, 0.3) is 5.91 Å². The second-order valence-electron chi connectivity index (χ2n) is 8.07. The van der Waals surface area contributed by atoms with E-state index in [2.05, 4.69) is 26.9 Å². The first-order valence-electron chi connectivity index (χ1n) is 10.3. The zero-order valence-corrected chi connectivity index (χ0v) is 17.5. The Kier molecular flexibility index (Phi) is 4.01. The summed E-state index contributed by atoms with van der Waals surface area (Å²) in [6, 6.07) is 7.54. The minimum absolute atomic E-state index is 0.157. The summed E-state index contributed by atoms with van der Waals surface area (Å²) in [6.45, 7) is 0. The largest absolute Gasteiger partial charge is 0.293 e. The third kappa shape index (κ3) is 2.80. The number of aromatic nitrogens is 5. The van der Waals surface area contributed by atoms with Crippen molar-refractivity contribution in [1.29, 1.82) is 0 Å². The number of carbonyl (C=O) groups is 1. The van der Waals surface area contributed by atoms with E-state index < -0.39 is 22.9 Å². The van der Waals surface area contributed by atoms with Crippen LogP contribution in [0.5, 0.6) is 0 Å². The van der Waals surface area contributed by atoms with Crippen molar-refractivity contribution in [3.8, 4) is 23.2 Å². The summed E-state index contributed by atoms with van der Waals surface area (Å²) in [5, 5.41) is 4.18. The monoisotopic (exact) mass is 442 g/mol. The van der Waals surface area contributed by atoms with E-state index in [-0.39, 0.29) is 17.4 Å². The van der Waals surface area contributed by atoms with Crippen molar-refractivity contribution >= 4 is 17.5 Å². The summed E-state index contributed by atoms with van der Waals surface area (Å²) in [6.07, 6.45) is 7.58. The summed E-state index contributed by atoms with van der Waals surface area (Å²) in [4.78, 5) is 22.8. The smallest absolute Gasteiger partial charge is 0.260 e. The quantitative estimate of drug-likeness (QED) is 0.446. The Morgan fingerprint density at radius 2 is 1.76 bits per heavy atom. The maximum absolute atomic E-state index is 15.2. The molecule has 1 aromatic carbocycles. The van der Waals surface area contributed by atoms with Crippen LogP contribution in [0.4, 0.5) is 20.4 Å². The Labute approximate surface area is 187 Å². The molecule has 1 fully saturated rings. The van der Waals surface area contributed by atoms with Gasteiger partial charge in [-0.15, -0.1) is 0 Å². The van der Waals surface area contributed by atoms with E-state index >= 15 is 8.78 Å². The maximum atomic E-state index is 15.2. The Hall–Kier alpha value is -4.32. The van der Waals surface area contributed by atoms with Gasteiger partial charge < -0.3 is 0 Å². The first-order valence-corrected chi connectivity index (χ1v) is 10.3. The van der Waals surface area contributed by atoms with Crippen LogP contribution in [0.2, 0.25) is 0 Å². The molecule has 0 saturated heterocycles. The van der Waals surface area contributed by atoms with Crippen molar-refractivity contribution in [2.24, 2.45) is 7.05 Å². The highest BCUT2D eigenvalue weighted by molar-refractivity contribution is 6.09. The van der Waals surface area contributed by atoms with E-state index in [1.807, 2.05) is 6.07 Å². The molecule has 1 aliphatic heterocycles. The number of rotatable bonds is 2. The van der Waals surface area contributed by atoms with Crippen molar-refractivity contribution in [2.45, 2.75) is 18.4 Å². The van der Waals surface area contributed by atoms with Gasteiger partial charge in [-0.05, 0) is 43.2 Å². The predicted molar refractivity (Wildman–Crippen MR) is 115 cm³/mol. The fourth-order valence-electron chi connectivity index (χ4n) is 4.31. The standard InChI is InChI=1S/C24H16F2N6O/c1-30-19(6-10-29-30)20-14-28-23-31(22(33)24(7-8-24)32(20)23)21-17(25)11-16(12-18(21)26)5-4-15-3-2-9-27-13-15/h2-3,6,9-14H,7-8H2,1H3. The first-order chi connectivity index (χ1) is 16.0. The summed E-state index contributed by atoms with van der Waals surface area (Å²) >= 11 is 0. The second kappa shape index (κ2) is 6.84. The minimum Gasteiger partial charge on any atom is -0.293 e. The molecule has 0 atom stereocenters. The van der Waals surface area contributed by atoms with Crippen LogP contribution in [0.15, 0.2) is 55.1 Å². The number of imidazole rings is 1. The number of anilines is 2. The number of nitrogens with zero attached hydrogens (tertiary/aromatic N) is 6. The van der Waals surface area contributed by atoms with Gasteiger partial charge in [0.05, 0.1) is 17.6 Å². The molecule has 9 heteroatoms. The Bertz CT molecular complexity index is 1470. The average Bonchev–Trinajstić information content (AvgIpc) is 3.22. The van der Waals surface area contributed by atoms with Crippen LogP contribution in [0, 0.1) is 23.5 Å². The number of benzene rings is 1. The molecule has 162 valence electrons. The number of amides is 1. The van der Waals surface area contributed by atoms with Crippen molar-refractivity contribution in [3.63, 3.8) is 0 Å². The minimum atomic E-state index is -0.881. The zero-order chi connectivity index (χ0) is 22.7. The molecule has 33 heavy (non-hydrogen) atoms. The van der Waals surface area contributed by atoms with Gasteiger partial charge in [0, 0.05) is 36.8 Å². The SMILES string of the molecule is Cn1nccc1-c1cnc2n1C1(CC1)C(=O)N2c1c(F)cc(C#Cc2cccnc2)cc1F. The normalized spacial score (nSPS) is 15.5. The van der Waals surface area contributed by atoms with Gasteiger partial charge in [0.2, 0.25) is 5.95 Å². The van der Waals surface area contributed by atoms with Crippen LogP contribution in [0.1, 0.15) is 24.0 Å². The highest BCUT2D eigenvalue weighted by Gasteiger charge is 2.62. The summed E-state index contributed by atoms with van der Waals surface area (Å²) in [7, 11) is 1.79. The van der Waals surface area contributed by atoms with E-state index in [0.29, 0.717) is 24.1 Å². The molecule has 1 spiro atoms. The highest BCUT2D eigenvalue weighted by atomic mass is 19.1. The van der Waals surface area contributed by atoms with Crippen molar-refractivity contribution in [1.82, 2.24) is 24.3 Å². The van der Waals surface area contributed by atoms with Gasteiger partial charge in [-0.25, -0.2) is 18.7 Å². The topological polar surface area (TPSA) is 68.8 Å². The molecule has 7 nitrogen and oxygen atoms in total. The van der Waals surface area contributed by atoms with Gasteiger partial charge in [-0.3, -0.25) is 19.0 Å². The molecule has 0 radical (unpaired) electrons.